The number of hydrogen-bond donors (Lipinski definition) is 1. The van der Waals surface area contributed by atoms with Crippen LogP contribution in [-0.2, 0) is 27.3 Å². The molecule has 1 aromatic carbocycles. The van der Waals surface area contributed by atoms with Crippen LogP contribution in [0.3, 0.4) is 0 Å². The van der Waals surface area contributed by atoms with Crippen molar-refractivity contribution in [2.45, 2.75) is 19.0 Å². The quantitative estimate of drug-likeness (QED) is 0.424. The molecule has 0 saturated heterocycles. The molecule has 3 heterocycles. The van der Waals surface area contributed by atoms with Crippen molar-refractivity contribution in [3.05, 3.63) is 64.8 Å². The first-order valence-electron chi connectivity index (χ1n) is 10.7. The zero-order valence-corrected chi connectivity index (χ0v) is 19.8. The molecule has 172 valence electrons. The predicted octanol–water partition coefficient (Wildman–Crippen LogP) is 3.02. The van der Waals surface area contributed by atoms with Crippen LogP contribution in [0.1, 0.15) is 22.0 Å². The Morgan fingerprint density at radius 1 is 1.27 bits per heavy atom. The number of methoxy groups -OCH3 is 1. The number of amides is 1. The Balaban J connectivity index is 1.61. The van der Waals surface area contributed by atoms with Gasteiger partial charge in [0.1, 0.15) is 17.0 Å². The smallest absolute Gasteiger partial charge is 0.333 e. The van der Waals surface area contributed by atoms with Crippen LogP contribution in [0, 0.1) is 0 Å². The number of aromatic nitrogens is 2. The number of nitrogens with zero attached hydrogens (tertiary/aromatic N) is 4. The lowest BCUT2D eigenvalue weighted by Crippen LogP contribution is -2.34. The fourth-order valence-corrected chi connectivity index (χ4v) is 5.08. The zero-order chi connectivity index (χ0) is 23.4. The number of anilines is 1. The molecular formula is C24H27N5O3S. The largest absolute Gasteiger partial charge is 0.467 e. The van der Waals surface area contributed by atoms with E-state index < -0.39 is 12.0 Å². The summed E-state index contributed by atoms with van der Waals surface area (Å²) in [5.74, 6) is 0.222. The Labute approximate surface area is 196 Å². The molecule has 3 aromatic rings. The molecule has 0 fully saturated rings. The van der Waals surface area contributed by atoms with E-state index in [0.29, 0.717) is 25.3 Å². The van der Waals surface area contributed by atoms with Gasteiger partial charge in [0.15, 0.2) is 6.04 Å². The fraction of sp³-hybridized carbons (Fsp3) is 0.333. The number of rotatable bonds is 7. The number of carbonyl (C=O) groups excluding carboxylic acids is 2. The average molecular weight is 466 g/mol. The molecule has 0 aliphatic carbocycles. The molecule has 33 heavy (non-hydrogen) atoms. The first kappa shape index (κ1) is 22.9. The van der Waals surface area contributed by atoms with Gasteiger partial charge in [0, 0.05) is 24.0 Å². The number of carbonyl (C=O) groups is 2. The second-order valence-corrected chi connectivity index (χ2v) is 9.18. The minimum Gasteiger partial charge on any atom is -0.467 e. The van der Waals surface area contributed by atoms with Crippen molar-refractivity contribution < 1.29 is 14.3 Å². The minimum atomic E-state index is -0.687. The molecule has 1 N–H and O–H groups in total. The van der Waals surface area contributed by atoms with Crippen molar-refractivity contribution in [1.82, 2.24) is 19.8 Å². The van der Waals surface area contributed by atoms with E-state index in [2.05, 4.69) is 15.3 Å². The number of hydrogen-bond acceptors (Lipinski definition) is 8. The van der Waals surface area contributed by atoms with E-state index in [4.69, 9.17) is 4.74 Å². The van der Waals surface area contributed by atoms with Gasteiger partial charge in [-0.05, 0) is 31.6 Å². The second-order valence-electron chi connectivity index (χ2n) is 8.09. The maximum absolute atomic E-state index is 12.6. The first-order chi connectivity index (χ1) is 16.0. The van der Waals surface area contributed by atoms with Crippen LogP contribution in [-0.4, -0.2) is 65.9 Å². The van der Waals surface area contributed by atoms with Crippen molar-refractivity contribution in [3.8, 4) is 0 Å². The number of thiophene rings is 1. The van der Waals surface area contributed by atoms with Crippen molar-refractivity contribution in [2.24, 2.45) is 0 Å². The molecule has 1 aliphatic rings. The third-order valence-electron chi connectivity index (χ3n) is 5.53. The number of fused-ring (bicyclic) bond motifs is 3. The summed E-state index contributed by atoms with van der Waals surface area (Å²) in [6.45, 7) is 1.89. The van der Waals surface area contributed by atoms with Crippen LogP contribution in [0.15, 0.2) is 48.8 Å². The maximum atomic E-state index is 12.6. The van der Waals surface area contributed by atoms with Crippen molar-refractivity contribution in [2.75, 3.05) is 39.6 Å². The molecular weight excluding hydrogens is 438 g/mol. The normalized spacial score (nSPS) is 14.5. The van der Waals surface area contributed by atoms with E-state index in [1.165, 1.54) is 13.4 Å². The molecule has 0 unspecified atom stereocenters. The molecule has 4 rings (SSSR count). The van der Waals surface area contributed by atoms with Crippen molar-refractivity contribution >= 4 is 39.2 Å². The lowest BCUT2D eigenvalue weighted by molar-refractivity contribution is -0.141. The topological polar surface area (TPSA) is 87.7 Å². The highest BCUT2D eigenvalue weighted by Crippen LogP contribution is 2.38. The SMILES string of the molecule is COC(=O)[C@@H](Nc1ncnc2sc3c(c12)CCN(C(=O)/C=C/CN(C)C)C3)c1ccccc1. The average Bonchev–Trinajstić information content (AvgIpc) is 3.20. The molecule has 0 spiro atoms. The van der Waals surface area contributed by atoms with Gasteiger partial charge in [0.05, 0.1) is 19.0 Å². The second kappa shape index (κ2) is 10.1. The Morgan fingerprint density at radius 2 is 2.06 bits per heavy atom. The van der Waals surface area contributed by atoms with Crippen LogP contribution in [0.2, 0.25) is 0 Å². The number of likely N-dealkylation sites (N-methyl/N-ethyl adjacent to an activating group) is 1. The molecule has 1 amide bonds. The Hall–Kier alpha value is -3.30. The van der Waals surface area contributed by atoms with Crippen LogP contribution in [0.4, 0.5) is 5.82 Å². The lowest BCUT2D eigenvalue weighted by Gasteiger charge is -2.26. The van der Waals surface area contributed by atoms with Gasteiger partial charge in [-0.3, -0.25) is 4.79 Å². The third kappa shape index (κ3) is 5.04. The monoisotopic (exact) mass is 465 g/mol. The highest BCUT2D eigenvalue weighted by atomic mass is 32.1. The van der Waals surface area contributed by atoms with Gasteiger partial charge >= 0.3 is 5.97 Å². The van der Waals surface area contributed by atoms with E-state index in [0.717, 1.165) is 32.8 Å². The molecule has 1 aliphatic heterocycles. The van der Waals surface area contributed by atoms with Gasteiger partial charge in [0.2, 0.25) is 5.91 Å². The molecule has 8 nitrogen and oxygen atoms in total. The van der Waals surface area contributed by atoms with E-state index in [-0.39, 0.29) is 5.91 Å². The predicted molar refractivity (Wildman–Crippen MR) is 129 cm³/mol. The number of nitrogens with one attached hydrogen (secondary N) is 1. The van der Waals surface area contributed by atoms with Crippen LogP contribution >= 0.6 is 11.3 Å². The molecule has 0 saturated carbocycles. The van der Waals surface area contributed by atoms with Crippen LogP contribution < -0.4 is 5.32 Å². The van der Waals surface area contributed by atoms with E-state index >= 15 is 0 Å². The third-order valence-corrected chi connectivity index (χ3v) is 6.66. The molecule has 9 heteroatoms. The van der Waals surface area contributed by atoms with Gasteiger partial charge in [-0.25, -0.2) is 14.8 Å². The summed E-state index contributed by atoms with van der Waals surface area (Å²) < 4.78 is 5.04. The Morgan fingerprint density at radius 3 is 2.79 bits per heavy atom. The van der Waals surface area contributed by atoms with E-state index in [9.17, 15) is 9.59 Å². The lowest BCUT2D eigenvalue weighted by atomic mass is 10.0. The summed E-state index contributed by atoms with van der Waals surface area (Å²) in [6, 6.07) is 8.74. The Bertz CT molecular complexity index is 1180. The van der Waals surface area contributed by atoms with Gasteiger partial charge in [-0.1, -0.05) is 36.4 Å². The van der Waals surface area contributed by atoms with Crippen LogP contribution in [0.25, 0.3) is 10.2 Å². The van der Waals surface area contributed by atoms with Gasteiger partial charge in [-0.15, -0.1) is 11.3 Å². The summed E-state index contributed by atoms with van der Waals surface area (Å²) >= 11 is 1.57. The fourth-order valence-electron chi connectivity index (χ4n) is 3.87. The number of benzene rings is 1. The first-order valence-corrected chi connectivity index (χ1v) is 11.5. The summed E-state index contributed by atoms with van der Waals surface area (Å²) in [6.07, 6.45) is 5.73. The summed E-state index contributed by atoms with van der Waals surface area (Å²) in [5, 5.41) is 4.20. The molecule has 0 radical (unpaired) electrons. The Kier molecular flexibility index (Phi) is 7.00. The van der Waals surface area contributed by atoms with Crippen LogP contribution in [0.5, 0.6) is 0 Å². The minimum absolute atomic E-state index is 0.0132. The highest BCUT2D eigenvalue weighted by Gasteiger charge is 2.28. The summed E-state index contributed by atoms with van der Waals surface area (Å²) in [7, 11) is 5.31. The molecule has 1 atom stereocenters. The molecule has 2 aromatic heterocycles. The summed E-state index contributed by atoms with van der Waals surface area (Å²) in [5.41, 5.74) is 1.93. The van der Waals surface area contributed by atoms with E-state index in [1.54, 1.807) is 17.4 Å². The van der Waals surface area contributed by atoms with E-state index in [1.807, 2.05) is 60.3 Å². The standard InChI is InChI=1S/C24H27N5O3S/c1-28(2)12-7-10-19(30)29-13-11-17-18(14-29)33-23-20(17)22(25-15-26-23)27-21(24(31)32-3)16-8-5-4-6-9-16/h4-10,15,21H,11-14H2,1-3H3,(H,25,26,27)/b10-7+/t21-/m0/s1. The van der Waals surface area contributed by atoms with Gasteiger partial charge in [0.25, 0.3) is 0 Å². The number of esters is 1. The maximum Gasteiger partial charge on any atom is 0.333 e. The number of ether oxygens (including phenoxy) is 1. The van der Waals surface area contributed by atoms with Crippen molar-refractivity contribution in [1.29, 1.82) is 0 Å². The summed E-state index contributed by atoms with van der Waals surface area (Å²) in [4.78, 5) is 39.9. The van der Waals surface area contributed by atoms with Crippen molar-refractivity contribution in [3.63, 3.8) is 0 Å². The highest BCUT2D eigenvalue weighted by molar-refractivity contribution is 7.19. The molecule has 0 bridgehead atoms. The van der Waals surface area contributed by atoms with Gasteiger partial charge in [-0.2, -0.15) is 0 Å². The van der Waals surface area contributed by atoms with Gasteiger partial charge < -0.3 is 19.9 Å². The zero-order valence-electron chi connectivity index (χ0n) is 18.9.